The number of amides is 1. The lowest BCUT2D eigenvalue weighted by Gasteiger charge is -2.36. The van der Waals surface area contributed by atoms with E-state index in [1.807, 2.05) is 12.1 Å². The van der Waals surface area contributed by atoms with Crippen LogP contribution in [-0.4, -0.2) is 69.8 Å². The molecule has 1 atom stereocenters. The van der Waals surface area contributed by atoms with Gasteiger partial charge in [0.2, 0.25) is 5.91 Å². The van der Waals surface area contributed by atoms with Crippen molar-refractivity contribution in [2.75, 3.05) is 39.3 Å². The van der Waals surface area contributed by atoms with Gasteiger partial charge in [-0.25, -0.2) is 4.98 Å². The van der Waals surface area contributed by atoms with Crippen molar-refractivity contribution in [2.24, 2.45) is 5.92 Å². The monoisotopic (exact) mass is 445 g/mol. The van der Waals surface area contributed by atoms with Crippen LogP contribution < -0.4 is 0 Å². The van der Waals surface area contributed by atoms with Crippen molar-refractivity contribution in [3.63, 3.8) is 0 Å². The highest BCUT2D eigenvalue weighted by atomic mass is 16.2. The third-order valence-electron chi connectivity index (χ3n) is 7.16. The molecule has 33 heavy (non-hydrogen) atoms. The quantitative estimate of drug-likeness (QED) is 0.599. The van der Waals surface area contributed by atoms with Crippen LogP contribution in [0.25, 0.3) is 11.0 Å². The third kappa shape index (κ3) is 5.81. The third-order valence-corrected chi connectivity index (χ3v) is 7.16. The maximum Gasteiger partial charge on any atom is 0.222 e. The molecule has 0 radical (unpaired) electrons. The number of H-pyrrole nitrogens is 1. The van der Waals surface area contributed by atoms with Gasteiger partial charge in [0.05, 0.1) is 17.6 Å². The molecule has 1 N–H and O–H groups in total. The second-order valence-electron chi connectivity index (χ2n) is 9.63. The minimum atomic E-state index is 0.337. The number of fused-ring (bicyclic) bond motifs is 1. The number of rotatable bonds is 7. The standard InChI is InChI=1S/C27H35N5O/c33-27(32-17-15-30(16-18-32)19-22-7-2-1-3-8-22)13-12-23-9-6-14-31(20-23)21-26-28-24-10-4-5-11-25(24)29-26/h1-5,7-8,10-11,23H,6,9,12-21H2,(H,28,29). The maximum absolute atomic E-state index is 12.9. The Kier molecular flexibility index (Phi) is 7.03. The average molecular weight is 446 g/mol. The van der Waals surface area contributed by atoms with E-state index in [9.17, 15) is 4.79 Å². The van der Waals surface area contributed by atoms with E-state index in [0.717, 1.165) is 75.6 Å². The van der Waals surface area contributed by atoms with Crippen LogP contribution in [0.1, 0.15) is 37.1 Å². The minimum absolute atomic E-state index is 0.337. The number of piperazine rings is 1. The second-order valence-corrected chi connectivity index (χ2v) is 9.63. The Morgan fingerprint density at radius 2 is 1.70 bits per heavy atom. The van der Waals surface area contributed by atoms with Gasteiger partial charge in [0, 0.05) is 45.7 Å². The minimum Gasteiger partial charge on any atom is -0.341 e. The highest BCUT2D eigenvalue weighted by molar-refractivity contribution is 5.76. The first-order chi connectivity index (χ1) is 16.2. The number of nitrogens with zero attached hydrogens (tertiary/aromatic N) is 4. The number of aromatic amines is 1. The van der Waals surface area contributed by atoms with Gasteiger partial charge in [-0.05, 0) is 49.4 Å². The van der Waals surface area contributed by atoms with Gasteiger partial charge in [0.1, 0.15) is 5.82 Å². The van der Waals surface area contributed by atoms with E-state index in [1.54, 1.807) is 0 Å². The normalized spacial score (nSPS) is 20.4. The van der Waals surface area contributed by atoms with E-state index in [1.165, 1.54) is 18.4 Å². The number of likely N-dealkylation sites (tertiary alicyclic amines) is 1. The van der Waals surface area contributed by atoms with Crippen LogP contribution >= 0.6 is 0 Å². The fourth-order valence-electron chi connectivity index (χ4n) is 5.31. The van der Waals surface area contributed by atoms with Crippen LogP contribution in [0.2, 0.25) is 0 Å². The summed E-state index contributed by atoms with van der Waals surface area (Å²) in [5.41, 5.74) is 3.49. The molecule has 2 aliphatic rings. The van der Waals surface area contributed by atoms with E-state index in [4.69, 9.17) is 4.98 Å². The summed E-state index contributed by atoms with van der Waals surface area (Å²) in [5.74, 6) is 1.98. The molecule has 6 heteroatoms. The van der Waals surface area contributed by atoms with Gasteiger partial charge in [0.25, 0.3) is 0 Å². The molecule has 2 aliphatic heterocycles. The number of imidazole rings is 1. The topological polar surface area (TPSA) is 55.5 Å². The maximum atomic E-state index is 12.9. The van der Waals surface area contributed by atoms with Gasteiger partial charge >= 0.3 is 0 Å². The second kappa shape index (κ2) is 10.5. The molecule has 1 aromatic heterocycles. The fourth-order valence-corrected chi connectivity index (χ4v) is 5.31. The van der Waals surface area contributed by atoms with Crippen molar-refractivity contribution in [1.29, 1.82) is 0 Å². The molecule has 2 fully saturated rings. The Morgan fingerprint density at radius 1 is 0.909 bits per heavy atom. The highest BCUT2D eigenvalue weighted by Gasteiger charge is 2.24. The number of para-hydroxylation sites is 2. The van der Waals surface area contributed by atoms with E-state index in [-0.39, 0.29) is 0 Å². The van der Waals surface area contributed by atoms with Crippen LogP contribution in [-0.2, 0) is 17.9 Å². The zero-order valence-corrected chi connectivity index (χ0v) is 19.5. The predicted molar refractivity (Wildman–Crippen MR) is 132 cm³/mol. The van der Waals surface area contributed by atoms with E-state index >= 15 is 0 Å². The molecular weight excluding hydrogens is 410 g/mol. The summed E-state index contributed by atoms with van der Waals surface area (Å²) in [4.78, 5) is 28.1. The van der Waals surface area contributed by atoms with E-state index < -0.39 is 0 Å². The summed E-state index contributed by atoms with van der Waals surface area (Å²) in [6.07, 6.45) is 4.12. The zero-order chi connectivity index (χ0) is 22.5. The number of hydrogen-bond acceptors (Lipinski definition) is 4. The summed E-state index contributed by atoms with van der Waals surface area (Å²) < 4.78 is 0. The first kappa shape index (κ1) is 22.1. The first-order valence-corrected chi connectivity index (χ1v) is 12.4. The van der Waals surface area contributed by atoms with Crippen molar-refractivity contribution in [2.45, 2.75) is 38.8 Å². The Bertz CT molecular complexity index is 1010. The van der Waals surface area contributed by atoms with Gasteiger partial charge in [-0.2, -0.15) is 0 Å². The summed E-state index contributed by atoms with van der Waals surface area (Å²) in [7, 11) is 0. The number of aromatic nitrogens is 2. The summed E-state index contributed by atoms with van der Waals surface area (Å²) in [6.45, 7) is 7.67. The van der Waals surface area contributed by atoms with Crippen molar-refractivity contribution < 1.29 is 4.79 Å². The molecule has 6 nitrogen and oxygen atoms in total. The molecule has 3 heterocycles. The van der Waals surface area contributed by atoms with Crippen LogP contribution in [0.15, 0.2) is 54.6 Å². The fraction of sp³-hybridized carbons (Fsp3) is 0.481. The van der Waals surface area contributed by atoms with E-state index in [0.29, 0.717) is 18.2 Å². The molecule has 0 spiro atoms. The molecule has 3 aromatic rings. The van der Waals surface area contributed by atoms with Crippen LogP contribution in [0, 0.1) is 5.92 Å². The lowest BCUT2D eigenvalue weighted by molar-refractivity contribution is -0.133. The molecule has 2 aromatic carbocycles. The molecule has 0 aliphatic carbocycles. The predicted octanol–water partition coefficient (Wildman–Crippen LogP) is 3.90. The summed E-state index contributed by atoms with van der Waals surface area (Å²) in [5, 5.41) is 0. The number of benzene rings is 2. The van der Waals surface area contributed by atoms with Gasteiger partial charge in [-0.1, -0.05) is 42.5 Å². The number of carbonyl (C=O) groups excluding carboxylic acids is 1. The van der Waals surface area contributed by atoms with Gasteiger partial charge in [0.15, 0.2) is 0 Å². The molecule has 0 bridgehead atoms. The largest absolute Gasteiger partial charge is 0.341 e. The van der Waals surface area contributed by atoms with Crippen LogP contribution in [0.5, 0.6) is 0 Å². The van der Waals surface area contributed by atoms with Crippen molar-refractivity contribution >= 4 is 16.9 Å². The van der Waals surface area contributed by atoms with Crippen molar-refractivity contribution in [3.05, 3.63) is 66.0 Å². The summed E-state index contributed by atoms with van der Waals surface area (Å²) >= 11 is 0. The van der Waals surface area contributed by atoms with Gasteiger partial charge in [-0.3, -0.25) is 14.6 Å². The van der Waals surface area contributed by atoms with Crippen LogP contribution in [0.3, 0.4) is 0 Å². The molecule has 5 rings (SSSR count). The Labute approximate surface area is 196 Å². The number of hydrogen-bond donors (Lipinski definition) is 1. The molecule has 1 unspecified atom stereocenters. The smallest absolute Gasteiger partial charge is 0.222 e. The molecule has 1 amide bonds. The number of piperidine rings is 1. The Morgan fingerprint density at radius 3 is 2.52 bits per heavy atom. The molecule has 0 saturated carbocycles. The molecular formula is C27H35N5O. The van der Waals surface area contributed by atoms with Crippen LogP contribution in [0.4, 0.5) is 0 Å². The first-order valence-electron chi connectivity index (χ1n) is 12.4. The lowest BCUT2D eigenvalue weighted by Crippen LogP contribution is -2.48. The van der Waals surface area contributed by atoms with Gasteiger partial charge in [-0.15, -0.1) is 0 Å². The highest BCUT2D eigenvalue weighted by Crippen LogP contribution is 2.23. The summed E-state index contributed by atoms with van der Waals surface area (Å²) in [6, 6.07) is 18.8. The molecule has 174 valence electrons. The lowest BCUT2D eigenvalue weighted by atomic mass is 9.93. The number of carbonyl (C=O) groups is 1. The van der Waals surface area contributed by atoms with Gasteiger partial charge < -0.3 is 9.88 Å². The Hall–Kier alpha value is -2.70. The van der Waals surface area contributed by atoms with Crippen molar-refractivity contribution in [3.8, 4) is 0 Å². The zero-order valence-electron chi connectivity index (χ0n) is 19.5. The number of nitrogens with one attached hydrogen (secondary N) is 1. The van der Waals surface area contributed by atoms with E-state index in [2.05, 4.69) is 62.1 Å². The average Bonchev–Trinajstić information content (AvgIpc) is 3.26. The molecule has 2 saturated heterocycles. The Balaban J connectivity index is 1.05. The SMILES string of the molecule is O=C(CCC1CCCN(Cc2nc3ccccc3[nH]2)C1)N1CCN(Cc2ccccc2)CC1. The van der Waals surface area contributed by atoms with Crippen molar-refractivity contribution in [1.82, 2.24) is 24.7 Å².